The van der Waals surface area contributed by atoms with E-state index in [0.717, 1.165) is 0 Å². The van der Waals surface area contributed by atoms with Gasteiger partial charge in [0, 0.05) is 19.5 Å². The van der Waals surface area contributed by atoms with E-state index in [1.165, 1.54) is 6.92 Å². The van der Waals surface area contributed by atoms with Crippen LogP contribution in [0, 0.1) is 0 Å². The normalized spacial score (nSPS) is 20.6. The van der Waals surface area contributed by atoms with Crippen molar-refractivity contribution in [3.63, 3.8) is 0 Å². The number of carboxylic acid groups (broad SMARTS) is 1. The Labute approximate surface area is 120 Å². The van der Waals surface area contributed by atoms with Crippen molar-refractivity contribution in [1.29, 1.82) is 0 Å². The zero-order valence-electron chi connectivity index (χ0n) is 10.1. The summed E-state index contributed by atoms with van der Waals surface area (Å²) in [4.78, 5) is 20.0. The molecule has 1 heterocycles. The third-order valence-corrected chi connectivity index (χ3v) is 1.83. The number of aliphatic hydroxyl groups is 5. The van der Waals surface area contributed by atoms with Crippen LogP contribution in [0.5, 0.6) is 0 Å². The fraction of sp³-hybridized carbons (Fsp3) is 0.556. The molecule has 0 saturated carbocycles. The number of aliphatic hydroxyl groups excluding tert-OH is 5. The fourth-order valence-electron chi connectivity index (χ4n) is 0.823. The third kappa shape index (κ3) is 5.97. The van der Waals surface area contributed by atoms with Crippen LogP contribution < -0.4 is 0 Å². The van der Waals surface area contributed by atoms with E-state index in [9.17, 15) is 9.59 Å². The van der Waals surface area contributed by atoms with E-state index in [-0.39, 0.29) is 19.5 Å². The molecule has 6 N–H and O–H groups in total. The van der Waals surface area contributed by atoms with Crippen molar-refractivity contribution in [2.24, 2.45) is 0 Å². The summed E-state index contributed by atoms with van der Waals surface area (Å²) in [5.74, 6) is -3.96. The van der Waals surface area contributed by atoms with Gasteiger partial charge >= 0.3 is 11.9 Å². The molecule has 106 valence electrons. The molecule has 0 aromatic carbocycles. The first-order valence-corrected chi connectivity index (χ1v) is 4.75. The Morgan fingerprint density at radius 1 is 1.37 bits per heavy atom. The largest absolute Gasteiger partial charge is 0.505 e. The predicted molar refractivity (Wildman–Crippen MR) is 54.6 cm³/mol. The molecule has 0 aromatic heterocycles. The average molecular weight is 332 g/mol. The molecule has 9 nitrogen and oxygen atoms in total. The summed E-state index contributed by atoms with van der Waals surface area (Å²) in [5.41, 5.74) is 0. The minimum absolute atomic E-state index is 0. The first-order valence-electron chi connectivity index (χ1n) is 4.75. The number of carbonyl (C=O) groups excluding carboxylic acids is 1. The molecule has 0 saturated heterocycles. The number of ether oxygens (including phenoxy) is 1. The van der Waals surface area contributed by atoms with Gasteiger partial charge in [0.25, 0.3) is 0 Å². The minimum Gasteiger partial charge on any atom is -0.505 e. The van der Waals surface area contributed by atoms with Crippen molar-refractivity contribution < 1.29 is 64.4 Å². The summed E-state index contributed by atoms with van der Waals surface area (Å²) in [6.07, 6.45) is -4.01. The second-order valence-electron chi connectivity index (χ2n) is 3.32. The number of carbonyl (C=O) groups is 2. The van der Waals surface area contributed by atoms with Crippen LogP contribution in [0.2, 0.25) is 0 Å². The van der Waals surface area contributed by atoms with Crippen LogP contribution >= 0.6 is 0 Å². The molecule has 19 heavy (non-hydrogen) atoms. The van der Waals surface area contributed by atoms with E-state index in [2.05, 4.69) is 4.74 Å². The molecule has 10 heteroatoms. The molecule has 0 amide bonds. The standard InChI is InChI=1S/C6H8O6.C3H6O3.Zn/c7-1-2(8)5-3(9)4(10)6(11)12-5;1-2(4)3(5)6;/h2,5,7-10H,1H2;2,4H,1H3,(H,5,6);/t2-,5+;;/m0../s1. The molecular formula is C9H14O9Zn. The average Bonchev–Trinajstić information content (AvgIpc) is 2.56. The zero-order valence-corrected chi connectivity index (χ0v) is 13.0. The Morgan fingerprint density at radius 2 is 1.79 bits per heavy atom. The van der Waals surface area contributed by atoms with E-state index < -0.39 is 48.4 Å². The van der Waals surface area contributed by atoms with Gasteiger partial charge < -0.3 is 35.4 Å². The molecule has 1 aliphatic rings. The third-order valence-electron chi connectivity index (χ3n) is 1.83. The Kier molecular flexibility index (Phi) is 9.32. The van der Waals surface area contributed by atoms with E-state index in [4.69, 9.17) is 30.6 Å². The van der Waals surface area contributed by atoms with Gasteiger partial charge in [0.1, 0.15) is 12.2 Å². The summed E-state index contributed by atoms with van der Waals surface area (Å²) >= 11 is 0. The van der Waals surface area contributed by atoms with E-state index in [1.807, 2.05) is 0 Å². The maximum atomic E-state index is 10.5. The van der Waals surface area contributed by atoms with Crippen LogP contribution in [0.25, 0.3) is 0 Å². The number of hydrogen-bond acceptors (Lipinski definition) is 8. The summed E-state index contributed by atoms with van der Waals surface area (Å²) in [6.45, 7) is 0.525. The van der Waals surface area contributed by atoms with Crippen molar-refractivity contribution in [3.05, 3.63) is 11.5 Å². The van der Waals surface area contributed by atoms with Crippen LogP contribution in [0.3, 0.4) is 0 Å². The Hall–Kier alpha value is -1.22. The topological polar surface area (TPSA) is 165 Å². The molecule has 0 spiro atoms. The molecule has 1 aliphatic heterocycles. The van der Waals surface area contributed by atoms with Crippen LogP contribution in [0.4, 0.5) is 0 Å². The van der Waals surface area contributed by atoms with Gasteiger partial charge in [-0.25, -0.2) is 9.59 Å². The SMILES string of the molecule is CC(O)C(=O)O.O=C1O[C@H]([C@@H](O)CO)C(O)=C1O.[Zn]. The molecule has 3 atom stereocenters. The molecule has 0 fully saturated rings. The fourth-order valence-corrected chi connectivity index (χ4v) is 0.823. The smallest absolute Gasteiger partial charge is 0.377 e. The number of rotatable bonds is 3. The minimum atomic E-state index is -1.42. The van der Waals surface area contributed by atoms with Gasteiger partial charge in [0.05, 0.1) is 6.61 Å². The van der Waals surface area contributed by atoms with Gasteiger partial charge in [-0.2, -0.15) is 0 Å². The van der Waals surface area contributed by atoms with E-state index >= 15 is 0 Å². The van der Waals surface area contributed by atoms with Crippen molar-refractivity contribution in [1.82, 2.24) is 0 Å². The molecule has 0 aliphatic carbocycles. The Bertz CT molecular complexity index is 352. The van der Waals surface area contributed by atoms with Crippen molar-refractivity contribution in [2.45, 2.75) is 25.2 Å². The van der Waals surface area contributed by atoms with Crippen LogP contribution in [-0.2, 0) is 33.8 Å². The Morgan fingerprint density at radius 3 is 2.00 bits per heavy atom. The van der Waals surface area contributed by atoms with E-state index in [0.29, 0.717) is 0 Å². The van der Waals surface area contributed by atoms with Crippen LogP contribution in [0.1, 0.15) is 6.92 Å². The Balaban J connectivity index is 0. The monoisotopic (exact) mass is 330 g/mol. The van der Waals surface area contributed by atoms with Gasteiger partial charge in [-0.3, -0.25) is 0 Å². The van der Waals surface area contributed by atoms with Crippen LogP contribution in [-0.4, -0.2) is 67.5 Å². The van der Waals surface area contributed by atoms with Gasteiger partial charge in [-0.1, -0.05) is 0 Å². The van der Waals surface area contributed by atoms with Crippen LogP contribution in [0.15, 0.2) is 11.5 Å². The van der Waals surface area contributed by atoms with Gasteiger partial charge in [-0.15, -0.1) is 0 Å². The summed E-state index contributed by atoms with van der Waals surface area (Å²) in [5, 5.41) is 50.8. The van der Waals surface area contributed by atoms with Gasteiger partial charge in [0.2, 0.25) is 5.76 Å². The predicted octanol–water partition coefficient (Wildman–Crippen LogP) is -1.96. The van der Waals surface area contributed by atoms with Crippen molar-refractivity contribution >= 4 is 11.9 Å². The molecule has 0 bridgehead atoms. The second kappa shape index (κ2) is 8.81. The quantitative estimate of drug-likeness (QED) is 0.254. The van der Waals surface area contributed by atoms with Gasteiger partial charge in [0.15, 0.2) is 11.9 Å². The first kappa shape index (κ1) is 20.1. The second-order valence-corrected chi connectivity index (χ2v) is 3.32. The molecular weight excluding hydrogens is 317 g/mol. The summed E-state index contributed by atoms with van der Waals surface area (Å²) in [6, 6.07) is 0. The molecule has 1 unspecified atom stereocenters. The number of esters is 1. The maximum Gasteiger partial charge on any atom is 0.377 e. The van der Waals surface area contributed by atoms with Gasteiger partial charge in [-0.05, 0) is 6.92 Å². The number of hydrogen-bond donors (Lipinski definition) is 6. The van der Waals surface area contributed by atoms with E-state index in [1.54, 1.807) is 0 Å². The maximum absolute atomic E-state index is 10.5. The van der Waals surface area contributed by atoms with Crippen molar-refractivity contribution in [3.8, 4) is 0 Å². The molecule has 0 radical (unpaired) electrons. The summed E-state index contributed by atoms with van der Waals surface area (Å²) in [7, 11) is 0. The summed E-state index contributed by atoms with van der Waals surface area (Å²) < 4.78 is 4.32. The number of carboxylic acids is 1. The molecule has 1 rings (SSSR count). The zero-order chi connectivity index (χ0) is 14.5. The number of cyclic esters (lactones) is 1. The first-order chi connectivity index (χ1) is 8.22. The number of aliphatic carboxylic acids is 1. The molecule has 0 aromatic rings. The van der Waals surface area contributed by atoms with Crippen molar-refractivity contribution in [2.75, 3.05) is 6.61 Å².